The average molecular weight is 256 g/mol. The quantitative estimate of drug-likeness (QED) is 0.621. The highest BCUT2D eigenvalue weighted by molar-refractivity contribution is 5.59. The van der Waals surface area contributed by atoms with Crippen molar-refractivity contribution in [2.75, 3.05) is 18.4 Å². The lowest BCUT2D eigenvalue weighted by atomic mass is 9.99. The minimum absolute atomic E-state index is 0.990. The number of aryl methyl sites for hydroxylation is 1. The van der Waals surface area contributed by atoms with Crippen LogP contribution in [0.1, 0.15) is 43.2 Å². The van der Waals surface area contributed by atoms with Gasteiger partial charge in [-0.2, -0.15) is 0 Å². The van der Waals surface area contributed by atoms with E-state index < -0.39 is 0 Å². The van der Waals surface area contributed by atoms with Crippen LogP contribution in [0.25, 0.3) is 0 Å². The molecule has 0 spiro atoms. The van der Waals surface area contributed by atoms with E-state index in [4.69, 9.17) is 0 Å². The Labute approximate surface area is 116 Å². The highest BCUT2D eigenvalue weighted by Crippen LogP contribution is 2.26. The minimum atomic E-state index is 0.990. The van der Waals surface area contributed by atoms with Gasteiger partial charge in [0.15, 0.2) is 0 Å². The van der Waals surface area contributed by atoms with Gasteiger partial charge in [-0.25, -0.2) is 0 Å². The Hall–Kier alpha value is -1.28. The molecule has 1 aromatic rings. The van der Waals surface area contributed by atoms with Crippen LogP contribution in [0.5, 0.6) is 0 Å². The minimum Gasteiger partial charge on any atom is -0.385 e. The molecule has 2 heteroatoms. The molecule has 0 unspecified atom stereocenters. The topological polar surface area (TPSA) is 24.1 Å². The fourth-order valence-electron chi connectivity index (χ4n) is 3.16. The summed E-state index contributed by atoms with van der Waals surface area (Å²) in [6.07, 6.45) is 10.1. The van der Waals surface area contributed by atoms with Crippen LogP contribution in [0.2, 0.25) is 0 Å². The Balaban J connectivity index is 1.52. The van der Waals surface area contributed by atoms with Gasteiger partial charge in [0.05, 0.1) is 0 Å². The third-order valence-corrected chi connectivity index (χ3v) is 4.24. The van der Waals surface area contributed by atoms with Gasteiger partial charge in [0.2, 0.25) is 0 Å². The van der Waals surface area contributed by atoms with E-state index in [2.05, 4.69) is 34.9 Å². The van der Waals surface area contributed by atoms with E-state index >= 15 is 0 Å². The van der Waals surface area contributed by atoms with Crippen molar-refractivity contribution < 1.29 is 0 Å². The van der Waals surface area contributed by atoms with Gasteiger partial charge in [0, 0.05) is 18.8 Å². The van der Waals surface area contributed by atoms with Crippen LogP contribution in [0.3, 0.4) is 0 Å². The number of benzene rings is 1. The van der Waals surface area contributed by atoms with E-state index in [-0.39, 0.29) is 0 Å². The molecular formula is C17H24N2. The molecule has 1 aliphatic carbocycles. The molecule has 1 heterocycles. The van der Waals surface area contributed by atoms with Crippen LogP contribution in [0.15, 0.2) is 29.8 Å². The Morgan fingerprint density at radius 1 is 1.16 bits per heavy atom. The summed E-state index contributed by atoms with van der Waals surface area (Å²) in [5, 5.41) is 7.16. The second-order valence-corrected chi connectivity index (χ2v) is 5.66. The summed E-state index contributed by atoms with van der Waals surface area (Å²) in [5.74, 6) is 0. The molecule has 2 nitrogen and oxygen atoms in total. The zero-order valence-corrected chi connectivity index (χ0v) is 11.7. The summed E-state index contributed by atoms with van der Waals surface area (Å²) in [6.45, 7) is 3.22. The monoisotopic (exact) mass is 256 g/mol. The number of allylic oxidation sites excluding steroid dienone is 1. The summed E-state index contributed by atoms with van der Waals surface area (Å²) < 4.78 is 0. The van der Waals surface area contributed by atoms with E-state index in [0.29, 0.717) is 0 Å². The number of hydrogen-bond acceptors (Lipinski definition) is 2. The average Bonchev–Trinajstić information content (AvgIpc) is 2.97. The van der Waals surface area contributed by atoms with Gasteiger partial charge < -0.3 is 10.6 Å². The zero-order chi connectivity index (χ0) is 12.9. The lowest BCUT2D eigenvalue weighted by Crippen LogP contribution is -2.19. The van der Waals surface area contributed by atoms with Crippen LogP contribution < -0.4 is 10.6 Å². The second kappa shape index (κ2) is 6.25. The molecule has 0 radical (unpaired) electrons. The van der Waals surface area contributed by atoms with E-state index in [1.807, 2.05) is 0 Å². The van der Waals surface area contributed by atoms with Crippen molar-refractivity contribution in [1.82, 2.24) is 5.32 Å². The van der Waals surface area contributed by atoms with Crippen molar-refractivity contribution in [1.29, 1.82) is 0 Å². The van der Waals surface area contributed by atoms with Crippen molar-refractivity contribution in [3.05, 3.63) is 41.0 Å². The molecule has 102 valence electrons. The fraction of sp³-hybridized carbons (Fsp3) is 0.529. The third-order valence-electron chi connectivity index (χ3n) is 4.24. The third kappa shape index (κ3) is 3.19. The second-order valence-electron chi connectivity index (χ2n) is 5.66. The van der Waals surface area contributed by atoms with Crippen molar-refractivity contribution in [2.24, 2.45) is 0 Å². The number of anilines is 1. The number of rotatable bonds is 5. The molecular weight excluding hydrogens is 232 g/mol. The Morgan fingerprint density at radius 3 is 3.05 bits per heavy atom. The number of nitrogens with one attached hydrogen (secondary N) is 2. The van der Waals surface area contributed by atoms with Crippen molar-refractivity contribution >= 4 is 5.69 Å². The van der Waals surface area contributed by atoms with Crippen molar-refractivity contribution in [2.45, 2.75) is 45.1 Å². The number of fused-ring (bicyclic) bond motifs is 1. The van der Waals surface area contributed by atoms with Crippen molar-refractivity contribution in [3.63, 3.8) is 0 Å². The molecule has 1 aliphatic heterocycles. The van der Waals surface area contributed by atoms with Crippen LogP contribution in [0.4, 0.5) is 5.69 Å². The first-order valence-electron chi connectivity index (χ1n) is 7.67. The van der Waals surface area contributed by atoms with Gasteiger partial charge >= 0.3 is 0 Å². The largest absolute Gasteiger partial charge is 0.385 e. The maximum atomic E-state index is 3.60. The molecule has 1 aromatic carbocycles. The lowest BCUT2D eigenvalue weighted by molar-refractivity contribution is 0.674. The van der Waals surface area contributed by atoms with Gasteiger partial charge in [0.25, 0.3) is 0 Å². The molecule has 0 fully saturated rings. The zero-order valence-electron chi connectivity index (χ0n) is 11.7. The first kappa shape index (κ1) is 12.7. The van der Waals surface area contributed by atoms with E-state index in [9.17, 15) is 0 Å². The molecule has 19 heavy (non-hydrogen) atoms. The smallest absolute Gasteiger partial charge is 0.0418 e. The fourth-order valence-corrected chi connectivity index (χ4v) is 3.16. The summed E-state index contributed by atoms with van der Waals surface area (Å²) in [4.78, 5) is 0. The molecule has 2 aliphatic rings. The normalized spacial score (nSPS) is 17.8. The summed E-state index contributed by atoms with van der Waals surface area (Å²) >= 11 is 0. The van der Waals surface area contributed by atoms with Crippen LogP contribution in [-0.2, 0) is 13.0 Å². The SMILES string of the molecule is C1=C(CCNCc2cccc3c2NCCC3)CCC1. The molecule has 0 atom stereocenters. The highest BCUT2D eigenvalue weighted by atomic mass is 14.9. The first-order valence-corrected chi connectivity index (χ1v) is 7.67. The summed E-state index contributed by atoms with van der Waals surface area (Å²) in [7, 11) is 0. The van der Waals surface area contributed by atoms with Crippen molar-refractivity contribution in [3.8, 4) is 0 Å². The molecule has 0 amide bonds. The van der Waals surface area contributed by atoms with Gasteiger partial charge in [-0.1, -0.05) is 29.8 Å². The molecule has 2 N–H and O–H groups in total. The van der Waals surface area contributed by atoms with E-state index in [0.717, 1.165) is 19.6 Å². The standard InChI is InChI=1S/C17H24N2/c1-2-6-14(5-1)10-12-18-13-16-8-3-7-15-9-4-11-19-17(15)16/h3,5,7-8,18-19H,1-2,4,6,9-13H2. The molecule has 0 bridgehead atoms. The van der Waals surface area contributed by atoms with E-state index in [1.165, 1.54) is 55.3 Å². The van der Waals surface area contributed by atoms with E-state index in [1.54, 1.807) is 5.57 Å². The maximum Gasteiger partial charge on any atom is 0.0418 e. The van der Waals surface area contributed by atoms with Gasteiger partial charge in [-0.05, 0) is 56.2 Å². The number of hydrogen-bond donors (Lipinski definition) is 2. The predicted molar refractivity (Wildman–Crippen MR) is 81.5 cm³/mol. The summed E-state index contributed by atoms with van der Waals surface area (Å²) in [5.41, 5.74) is 5.96. The van der Waals surface area contributed by atoms with Gasteiger partial charge in [-0.3, -0.25) is 0 Å². The highest BCUT2D eigenvalue weighted by Gasteiger charge is 2.11. The van der Waals surface area contributed by atoms with Crippen LogP contribution >= 0.6 is 0 Å². The van der Waals surface area contributed by atoms with Crippen LogP contribution in [0, 0.1) is 0 Å². The Kier molecular flexibility index (Phi) is 4.19. The molecule has 0 saturated carbocycles. The Bertz CT molecular complexity index is 462. The number of para-hydroxylation sites is 1. The van der Waals surface area contributed by atoms with Gasteiger partial charge in [0.1, 0.15) is 0 Å². The first-order chi connectivity index (χ1) is 9.43. The molecule has 0 saturated heterocycles. The molecule has 0 aromatic heterocycles. The Morgan fingerprint density at radius 2 is 2.16 bits per heavy atom. The van der Waals surface area contributed by atoms with Crippen LogP contribution in [-0.4, -0.2) is 13.1 Å². The summed E-state index contributed by atoms with van der Waals surface area (Å²) in [6, 6.07) is 6.70. The predicted octanol–water partition coefficient (Wildman–Crippen LogP) is 3.63. The lowest BCUT2D eigenvalue weighted by Gasteiger charge is -2.21. The molecule has 3 rings (SSSR count). The maximum absolute atomic E-state index is 3.60. The van der Waals surface area contributed by atoms with Gasteiger partial charge in [-0.15, -0.1) is 0 Å².